The molecule has 0 aliphatic heterocycles. The van der Waals surface area contributed by atoms with Crippen LogP contribution < -0.4 is 5.32 Å². The van der Waals surface area contributed by atoms with E-state index < -0.39 is 0 Å². The van der Waals surface area contributed by atoms with Gasteiger partial charge in [0.2, 0.25) is 0 Å². The average molecular weight is 234 g/mol. The molecule has 1 aromatic carbocycles. The molecular formula is C12H14N2OS. The Labute approximate surface area is 98.8 Å². The van der Waals surface area contributed by atoms with Gasteiger partial charge in [-0.05, 0) is 12.0 Å². The van der Waals surface area contributed by atoms with Crippen LogP contribution in [0.2, 0.25) is 0 Å². The number of anilines is 1. The molecule has 2 aromatic rings. The van der Waals surface area contributed by atoms with Crippen LogP contribution in [0, 0.1) is 0 Å². The quantitative estimate of drug-likeness (QED) is 0.833. The van der Waals surface area contributed by atoms with Gasteiger partial charge < -0.3 is 10.4 Å². The molecule has 0 saturated carbocycles. The fraction of sp³-hybridized carbons (Fsp3) is 0.250. The van der Waals surface area contributed by atoms with Crippen LogP contribution in [-0.4, -0.2) is 22.7 Å². The lowest BCUT2D eigenvalue weighted by Crippen LogP contribution is -2.26. The number of nitrogens with one attached hydrogen (secondary N) is 1. The number of thiazole rings is 1. The van der Waals surface area contributed by atoms with Crippen LogP contribution in [0.25, 0.3) is 0 Å². The molecule has 0 fully saturated rings. The predicted molar refractivity (Wildman–Crippen MR) is 66.8 cm³/mol. The van der Waals surface area contributed by atoms with Crippen LogP contribution in [-0.2, 0) is 6.42 Å². The van der Waals surface area contributed by atoms with E-state index in [1.807, 2.05) is 23.6 Å². The zero-order valence-electron chi connectivity index (χ0n) is 8.84. The summed E-state index contributed by atoms with van der Waals surface area (Å²) in [5.74, 6) is 0. The summed E-state index contributed by atoms with van der Waals surface area (Å²) < 4.78 is 0. The summed E-state index contributed by atoms with van der Waals surface area (Å²) in [4.78, 5) is 4.14. The fourth-order valence-corrected chi connectivity index (χ4v) is 2.14. The Morgan fingerprint density at radius 1 is 1.31 bits per heavy atom. The maximum absolute atomic E-state index is 9.30. The molecule has 1 heterocycles. The molecule has 1 aromatic heterocycles. The number of nitrogens with zero attached hydrogens (tertiary/aromatic N) is 1. The van der Waals surface area contributed by atoms with Crippen LogP contribution in [0.1, 0.15) is 5.56 Å². The molecule has 1 atom stereocenters. The van der Waals surface area contributed by atoms with Gasteiger partial charge in [0.15, 0.2) is 5.13 Å². The fourth-order valence-electron chi connectivity index (χ4n) is 1.53. The lowest BCUT2D eigenvalue weighted by Gasteiger charge is -2.15. The first-order chi connectivity index (χ1) is 7.88. The van der Waals surface area contributed by atoms with Crippen molar-refractivity contribution >= 4 is 16.5 Å². The third-order valence-electron chi connectivity index (χ3n) is 2.31. The van der Waals surface area contributed by atoms with Gasteiger partial charge in [-0.1, -0.05) is 30.3 Å². The average Bonchev–Trinajstić information content (AvgIpc) is 2.82. The van der Waals surface area contributed by atoms with Gasteiger partial charge in [0.1, 0.15) is 0 Å². The molecule has 84 valence electrons. The molecular weight excluding hydrogens is 220 g/mol. The molecule has 0 amide bonds. The zero-order valence-corrected chi connectivity index (χ0v) is 9.65. The number of aliphatic hydroxyl groups excluding tert-OH is 1. The van der Waals surface area contributed by atoms with Gasteiger partial charge in [0, 0.05) is 11.6 Å². The van der Waals surface area contributed by atoms with Crippen molar-refractivity contribution in [3.63, 3.8) is 0 Å². The van der Waals surface area contributed by atoms with E-state index in [1.165, 1.54) is 5.56 Å². The standard InChI is InChI=1S/C12H14N2OS/c15-9-11(14-12-13-6-7-16-12)8-10-4-2-1-3-5-10/h1-7,11,15H,8-9H2,(H,13,14). The number of hydrogen-bond donors (Lipinski definition) is 2. The molecule has 2 N–H and O–H groups in total. The lowest BCUT2D eigenvalue weighted by molar-refractivity contribution is 0.273. The number of rotatable bonds is 5. The van der Waals surface area contributed by atoms with E-state index in [2.05, 4.69) is 22.4 Å². The molecule has 0 aliphatic rings. The molecule has 0 radical (unpaired) electrons. The van der Waals surface area contributed by atoms with Crippen LogP contribution >= 0.6 is 11.3 Å². The Morgan fingerprint density at radius 2 is 2.12 bits per heavy atom. The normalized spacial score (nSPS) is 12.3. The Bertz CT molecular complexity index is 402. The highest BCUT2D eigenvalue weighted by atomic mass is 32.1. The smallest absolute Gasteiger partial charge is 0.182 e. The third kappa shape index (κ3) is 3.05. The number of aliphatic hydroxyl groups is 1. The van der Waals surface area contributed by atoms with Crippen LogP contribution in [0.15, 0.2) is 41.9 Å². The molecule has 0 saturated heterocycles. The van der Waals surface area contributed by atoms with Gasteiger partial charge in [-0.3, -0.25) is 0 Å². The molecule has 2 rings (SSSR count). The summed E-state index contributed by atoms with van der Waals surface area (Å²) in [6.45, 7) is 0.106. The first-order valence-corrected chi connectivity index (χ1v) is 6.07. The van der Waals surface area contributed by atoms with Crippen LogP contribution in [0.4, 0.5) is 5.13 Å². The Kier molecular flexibility index (Phi) is 3.91. The van der Waals surface area contributed by atoms with Gasteiger partial charge in [0.25, 0.3) is 0 Å². The Morgan fingerprint density at radius 3 is 2.75 bits per heavy atom. The minimum atomic E-state index is 0.0218. The first-order valence-electron chi connectivity index (χ1n) is 5.19. The van der Waals surface area contributed by atoms with Crippen molar-refractivity contribution in [2.45, 2.75) is 12.5 Å². The van der Waals surface area contributed by atoms with E-state index >= 15 is 0 Å². The topological polar surface area (TPSA) is 45.1 Å². The monoisotopic (exact) mass is 234 g/mol. The Balaban J connectivity index is 1.96. The number of benzene rings is 1. The first kappa shape index (κ1) is 11.1. The minimum absolute atomic E-state index is 0.0218. The van der Waals surface area contributed by atoms with Gasteiger partial charge in [-0.25, -0.2) is 4.98 Å². The summed E-state index contributed by atoms with van der Waals surface area (Å²) in [6, 6.07) is 10.2. The minimum Gasteiger partial charge on any atom is -0.394 e. The van der Waals surface area contributed by atoms with E-state index in [9.17, 15) is 5.11 Å². The summed E-state index contributed by atoms with van der Waals surface area (Å²) in [5.41, 5.74) is 1.21. The molecule has 0 aliphatic carbocycles. The predicted octanol–water partition coefficient (Wildman–Crippen LogP) is 2.16. The van der Waals surface area contributed by atoms with E-state index in [1.54, 1.807) is 17.5 Å². The van der Waals surface area contributed by atoms with E-state index in [-0.39, 0.29) is 12.6 Å². The van der Waals surface area contributed by atoms with Crippen LogP contribution in [0.3, 0.4) is 0 Å². The second-order valence-electron chi connectivity index (χ2n) is 3.55. The molecule has 3 nitrogen and oxygen atoms in total. The summed E-state index contributed by atoms with van der Waals surface area (Å²) in [7, 11) is 0. The SMILES string of the molecule is OCC(Cc1ccccc1)Nc1nccs1. The molecule has 1 unspecified atom stereocenters. The molecule has 16 heavy (non-hydrogen) atoms. The van der Waals surface area contributed by atoms with Gasteiger partial charge in [-0.2, -0.15) is 0 Å². The zero-order chi connectivity index (χ0) is 11.2. The lowest BCUT2D eigenvalue weighted by atomic mass is 10.1. The third-order valence-corrected chi connectivity index (χ3v) is 3.01. The largest absolute Gasteiger partial charge is 0.394 e. The van der Waals surface area contributed by atoms with E-state index in [4.69, 9.17) is 0 Å². The van der Waals surface area contributed by atoms with Crippen molar-refractivity contribution in [3.8, 4) is 0 Å². The number of hydrogen-bond acceptors (Lipinski definition) is 4. The highest BCUT2D eigenvalue weighted by molar-refractivity contribution is 7.13. The molecule has 0 bridgehead atoms. The van der Waals surface area contributed by atoms with Gasteiger partial charge >= 0.3 is 0 Å². The van der Waals surface area contributed by atoms with Crippen molar-refractivity contribution in [2.75, 3.05) is 11.9 Å². The van der Waals surface area contributed by atoms with Crippen molar-refractivity contribution in [1.82, 2.24) is 4.98 Å². The number of aromatic nitrogens is 1. The maximum atomic E-state index is 9.30. The highest BCUT2D eigenvalue weighted by Crippen LogP contribution is 2.13. The maximum Gasteiger partial charge on any atom is 0.182 e. The Hall–Kier alpha value is -1.39. The second-order valence-corrected chi connectivity index (χ2v) is 4.45. The summed E-state index contributed by atoms with van der Waals surface area (Å²) >= 11 is 1.54. The van der Waals surface area contributed by atoms with Crippen LogP contribution in [0.5, 0.6) is 0 Å². The highest BCUT2D eigenvalue weighted by Gasteiger charge is 2.09. The van der Waals surface area contributed by atoms with Crippen molar-refractivity contribution in [1.29, 1.82) is 0 Å². The second kappa shape index (κ2) is 5.63. The summed E-state index contributed by atoms with van der Waals surface area (Å²) in [6.07, 6.45) is 2.56. The van der Waals surface area contributed by atoms with Crippen molar-refractivity contribution < 1.29 is 5.11 Å². The molecule has 0 spiro atoms. The van der Waals surface area contributed by atoms with E-state index in [0.29, 0.717) is 0 Å². The van der Waals surface area contributed by atoms with Crippen molar-refractivity contribution in [2.24, 2.45) is 0 Å². The van der Waals surface area contributed by atoms with Crippen molar-refractivity contribution in [3.05, 3.63) is 47.5 Å². The van der Waals surface area contributed by atoms with Gasteiger partial charge in [0.05, 0.1) is 12.6 Å². The molecule has 4 heteroatoms. The summed E-state index contributed by atoms with van der Waals surface area (Å²) in [5, 5.41) is 15.3. The van der Waals surface area contributed by atoms with E-state index in [0.717, 1.165) is 11.6 Å². The van der Waals surface area contributed by atoms with Gasteiger partial charge in [-0.15, -0.1) is 11.3 Å².